The van der Waals surface area contributed by atoms with Gasteiger partial charge in [0.2, 0.25) is 5.88 Å². The standard InChI is InChI=1S/C9H10N4O/c1-3-6-4-10-8-7(13-6)9(14)12-5(2)11-8/h4H,3H2,1-2H3,(H,10,11,12,14). The lowest BCUT2D eigenvalue weighted by Gasteiger charge is -2.01. The molecule has 5 heteroatoms. The van der Waals surface area contributed by atoms with Gasteiger partial charge in [-0.05, 0) is 13.3 Å². The van der Waals surface area contributed by atoms with E-state index in [1.54, 1.807) is 13.1 Å². The van der Waals surface area contributed by atoms with Gasteiger partial charge in [0, 0.05) is 0 Å². The molecule has 0 unspecified atom stereocenters. The molecule has 0 spiro atoms. The summed E-state index contributed by atoms with van der Waals surface area (Å²) in [7, 11) is 0. The van der Waals surface area contributed by atoms with E-state index in [0.29, 0.717) is 17.0 Å². The molecule has 0 amide bonds. The zero-order chi connectivity index (χ0) is 10.1. The van der Waals surface area contributed by atoms with Crippen molar-refractivity contribution in [3.63, 3.8) is 0 Å². The number of aryl methyl sites for hydroxylation is 2. The molecule has 2 aromatic rings. The highest BCUT2D eigenvalue weighted by atomic mass is 16.3. The summed E-state index contributed by atoms with van der Waals surface area (Å²) < 4.78 is 0. The van der Waals surface area contributed by atoms with E-state index in [4.69, 9.17) is 0 Å². The molecule has 0 aromatic carbocycles. The molecule has 2 rings (SSSR count). The Kier molecular flexibility index (Phi) is 1.99. The summed E-state index contributed by atoms with van der Waals surface area (Å²) in [6.45, 7) is 3.68. The van der Waals surface area contributed by atoms with Gasteiger partial charge in [0.15, 0.2) is 11.2 Å². The molecular weight excluding hydrogens is 180 g/mol. The zero-order valence-electron chi connectivity index (χ0n) is 8.02. The molecule has 0 aliphatic carbocycles. The SMILES string of the molecule is CCc1cnc2nc(C)nc(O)c2n1. The molecule has 72 valence electrons. The van der Waals surface area contributed by atoms with E-state index in [9.17, 15) is 5.11 Å². The summed E-state index contributed by atoms with van der Waals surface area (Å²) in [4.78, 5) is 16.2. The summed E-state index contributed by atoms with van der Waals surface area (Å²) >= 11 is 0. The van der Waals surface area contributed by atoms with Gasteiger partial charge in [-0.2, -0.15) is 4.98 Å². The number of hydrogen-bond acceptors (Lipinski definition) is 5. The number of hydrogen-bond donors (Lipinski definition) is 1. The van der Waals surface area contributed by atoms with Crippen LogP contribution in [0.2, 0.25) is 0 Å². The maximum absolute atomic E-state index is 9.52. The first kappa shape index (κ1) is 8.80. The molecule has 0 aliphatic heterocycles. The monoisotopic (exact) mass is 190 g/mol. The van der Waals surface area contributed by atoms with Crippen LogP contribution < -0.4 is 0 Å². The second kappa shape index (κ2) is 3.17. The lowest BCUT2D eigenvalue weighted by molar-refractivity contribution is 0.456. The molecule has 0 saturated carbocycles. The minimum atomic E-state index is -0.102. The maximum Gasteiger partial charge on any atom is 0.243 e. The Hall–Kier alpha value is -1.78. The molecule has 0 fully saturated rings. The topological polar surface area (TPSA) is 71.8 Å². The molecule has 2 heterocycles. The van der Waals surface area contributed by atoms with Crippen LogP contribution in [0, 0.1) is 6.92 Å². The van der Waals surface area contributed by atoms with Gasteiger partial charge in [-0.25, -0.2) is 15.0 Å². The van der Waals surface area contributed by atoms with Crippen molar-refractivity contribution < 1.29 is 5.11 Å². The number of rotatable bonds is 1. The van der Waals surface area contributed by atoms with Crippen LogP contribution >= 0.6 is 0 Å². The van der Waals surface area contributed by atoms with Crippen LogP contribution in [0.1, 0.15) is 18.4 Å². The highest BCUT2D eigenvalue weighted by Crippen LogP contribution is 2.16. The molecule has 1 N–H and O–H groups in total. The average molecular weight is 190 g/mol. The van der Waals surface area contributed by atoms with Crippen molar-refractivity contribution in [2.24, 2.45) is 0 Å². The number of aromatic nitrogens is 4. The van der Waals surface area contributed by atoms with Crippen molar-refractivity contribution >= 4 is 11.2 Å². The first-order valence-electron chi connectivity index (χ1n) is 4.40. The third-order valence-electron chi connectivity index (χ3n) is 1.91. The second-order valence-electron chi connectivity index (χ2n) is 2.98. The van der Waals surface area contributed by atoms with E-state index in [-0.39, 0.29) is 5.88 Å². The number of nitrogens with zero attached hydrogens (tertiary/aromatic N) is 4. The van der Waals surface area contributed by atoms with Crippen molar-refractivity contribution in [1.82, 2.24) is 19.9 Å². The Morgan fingerprint density at radius 2 is 2.07 bits per heavy atom. The normalized spacial score (nSPS) is 10.7. The fraction of sp³-hybridized carbons (Fsp3) is 0.333. The third kappa shape index (κ3) is 1.37. The molecule has 5 nitrogen and oxygen atoms in total. The van der Waals surface area contributed by atoms with Gasteiger partial charge in [-0.1, -0.05) is 6.92 Å². The van der Waals surface area contributed by atoms with E-state index in [2.05, 4.69) is 19.9 Å². The van der Waals surface area contributed by atoms with Gasteiger partial charge in [0.1, 0.15) is 5.82 Å². The number of fused-ring (bicyclic) bond motifs is 1. The van der Waals surface area contributed by atoms with Crippen LogP contribution in [0.5, 0.6) is 5.88 Å². The Morgan fingerprint density at radius 1 is 1.29 bits per heavy atom. The van der Waals surface area contributed by atoms with Crippen molar-refractivity contribution in [2.45, 2.75) is 20.3 Å². The summed E-state index contributed by atoms with van der Waals surface area (Å²) in [6.07, 6.45) is 2.43. The van der Waals surface area contributed by atoms with Crippen LogP contribution in [-0.4, -0.2) is 25.0 Å². The van der Waals surface area contributed by atoms with Crippen LogP contribution in [0.25, 0.3) is 11.2 Å². The highest BCUT2D eigenvalue weighted by molar-refractivity contribution is 5.74. The fourth-order valence-electron chi connectivity index (χ4n) is 1.21. The minimum absolute atomic E-state index is 0.102. The van der Waals surface area contributed by atoms with Gasteiger partial charge >= 0.3 is 0 Å². The van der Waals surface area contributed by atoms with E-state index < -0.39 is 0 Å². The lowest BCUT2D eigenvalue weighted by atomic mass is 10.3. The van der Waals surface area contributed by atoms with Gasteiger partial charge in [0.05, 0.1) is 11.9 Å². The van der Waals surface area contributed by atoms with Crippen LogP contribution in [0.3, 0.4) is 0 Å². The zero-order valence-corrected chi connectivity index (χ0v) is 8.02. The van der Waals surface area contributed by atoms with Crippen molar-refractivity contribution in [1.29, 1.82) is 0 Å². The van der Waals surface area contributed by atoms with E-state index in [0.717, 1.165) is 12.1 Å². The summed E-state index contributed by atoms with van der Waals surface area (Å²) in [5.41, 5.74) is 1.63. The molecule has 0 aliphatic rings. The molecular formula is C9H10N4O. The third-order valence-corrected chi connectivity index (χ3v) is 1.91. The Labute approximate surface area is 80.9 Å². The van der Waals surface area contributed by atoms with Crippen molar-refractivity contribution in [2.75, 3.05) is 0 Å². The molecule has 2 aromatic heterocycles. The molecule has 0 saturated heterocycles. The van der Waals surface area contributed by atoms with Crippen LogP contribution in [0.15, 0.2) is 6.20 Å². The lowest BCUT2D eigenvalue weighted by Crippen LogP contribution is -1.97. The predicted molar refractivity (Wildman–Crippen MR) is 50.9 cm³/mol. The summed E-state index contributed by atoms with van der Waals surface area (Å²) in [5, 5.41) is 9.52. The fourth-order valence-corrected chi connectivity index (χ4v) is 1.21. The Balaban J connectivity index is 2.75. The quantitative estimate of drug-likeness (QED) is 0.726. The second-order valence-corrected chi connectivity index (χ2v) is 2.98. The predicted octanol–water partition coefficient (Wildman–Crippen LogP) is 0.996. The van der Waals surface area contributed by atoms with Crippen molar-refractivity contribution in [3.05, 3.63) is 17.7 Å². The Morgan fingerprint density at radius 3 is 2.79 bits per heavy atom. The van der Waals surface area contributed by atoms with Gasteiger partial charge in [0.25, 0.3) is 0 Å². The number of aromatic hydroxyl groups is 1. The van der Waals surface area contributed by atoms with E-state index in [1.165, 1.54) is 0 Å². The average Bonchev–Trinajstić information content (AvgIpc) is 2.17. The Bertz CT molecular complexity index is 483. The van der Waals surface area contributed by atoms with Gasteiger partial charge < -0.3 is 5.11 Å². The summed E-state index contributed by atoms with van der Waals surface area (Å²) in [6, 6.07) is 0. The first-order chi connectivity index (χ1) is 6.70. The largest absolute Gasteiger partial charge is 0.492 e. The molecule has 0 radical (unpaired) electrons. The minimum Gasteiger partial charge on any atom is -0.492 e. The van der Waals surface area contributed by atoms with Crippen LogP contribution in [-0.2, 0) is 6.42 Å². The molecule has 0 atom stereocenters. The molecule has 14 heavy (non-hydrogen) atoms. The summed E-state index contributed by atoms with van der Waals surface area (Å²) in [5.74, 6) is 0.392. The van der Waals surface area contributed by atoms with E-state index >= 15 is 0 Å². The van der Waals surface area contributed by atoms with E-state index in [1.807, 2.05) is 6.92 Å². The maximum atomic E-state index is 9.52. The smallest absolute Gasteiger partial charge is 0.243 e. The van der Waals surface area contributed by atoms with Crippen molar-refractivity contribution in [3.8, 4) is 5.88 Å². The van der Waals surface area contributed by atoms with Gasteiger partial charge in [-0.3, -0.25) is 0 Å². The van der Waals surface area contributed by atoms with Gasteiger partial charge in [-0.15, -0.1) is 0 Å². The molecule has 0 bridgehead atoms. The van der Waals surface area contributed by atoms with Crippen LogP contribution in [0.4, 0.5) is 0 Å². The first-order valence-corrected chi connectivity index (χ1v) is 4.40. The highest BCUT2D eigenvalue weighted by Gasteiger charge is 2.07.